The van der Waals surface area contributed by atoms with Crippen LogP contribution in [0.2, 0.25) is 5.02 Å². The van der Waals surface area contributed by atoms with Crippen LogP contribution in [0.25, 0.3) is 0 Å². The molecule has 1 aromatic heterocycles. The number of alkyl halides is 3. The third-order valence-electron chi connectivity index (χ3n) is 5.63. The largest absolute Gasteiger partial charge is 0.417 e. The number of halogens is 4. The Bertz CT molecular complexity index is 1000. The Hall–Kier alpha value is -2.83. The maximum absolute atomic E-state index is 13.2. The molecule has 1 aromatic carbocycles. The minimum atomic E-state index is -4.50. The molecular weight excluding hydrogens is 457 g/mol. The van der Waals surface area contributed by atoms with Gasteiger partial charge in [-0.05, 0) is 36.6 Å². The van der Waals surface area contributed by atoms with Crippen molar-refractivity contribution < 1.29 is 22.7 Å². The van der Waals surface area contributed by atoms with E-state index in [1.54, 1.807) is 24.1 Å². The molecule has 0 bridgehead atoms. The second-order valence-corrected chi connectivity index (χ2v) is 8.26. The molecule has 3 rings (SSSR count). The average molecular weight is 481 g/mol. The van der Waals surface area contributed by atoms with E-state index in [9.17, 15) is 18.0 Å². The molecule has 1 aliphatic heterocycles. The average Bonchev–Trinajstić information content (AvgIpc) is 2.81. The van der Waals surface area contributed by atoms with Gasteiger partial charge in [0.05, 0.1) is 28.8 Å². The Morgan fingerprint density at radius 1 is 1.30 bits per heavy atom. The van der Waals surface area contributed by atoms with Gasteiger partial charge in [0.25, 0.3) is 0 Å². The van der Waals surface area contributed by atoms with Crippen molar-refractivity contribution in [1.29, 1.82) is 5.26 Å². The van der Waals surface area contributed by atoms with Gasteiger partial charge in [-0.25, -0.2) is 4.98 Å². The van der Waals surface area contributed by atoms with E-state index in [1.165, 1.54) is 0 Å². The van der Waals surface area contributed by atoms with Crippen LogP contribution in [0.15, 0.2) is 36.5 Å². The minimum Gasteiger partial charge on any atom is -0.383 e. The second kappa shape index (κ2) is 10.9. The van der Waals surface area contributed by atoms with Crippen molar-refractivity contribution in [1.82, 2.24) is 9.88 Å². The number of methoxy groups -OCH3 is 1. The molecule has 0 atom stereocenters. The zero-order valence-electron chi connectivity index (χ0n) is 18.1. The summed E-state index contributed by atoms with van der Waals surface area (Å²) in [4.78, 5) is 20.7. The normalized spacial score (nSPS) is 14.7. The fraction of sp³-hybridized carbons (Fsp3) is 0.435. The van der Waals surface area contributed by atoms with Crippen LogP contribution in [0.3, 0.4) is 0 Å². The fourth-order valence-corrected chi connectivity index (χ4v) is 4.07. The van der Waals surface area contributed by atoms with Crippen molar-refractivity contribution in [3.63, 3.8) is 0 Å². The third kappa shape index (κ3) is 6.36. The molecule has 0 N–H and O–H groups in total. The quantitative estimate of drug-likeness (QED) is 0.583. The number of pyridine rings is 1. The molecule has 10 heteroatoms. The number of aromatic nitrogens is 1. The van der Waals surface area contributed by atoms with Crippen molar-refractivity contribution in [3.05, 3.63) is 58.2 Å². The van der Waals surface area contributed by atoms with E-state index in [0.29, 0.717) is 57.0 Å². The number of amides is 1. The topological polar surface area (TPSA) is 69.5 Å². The van der Waals surface area contributed by atoms with Crippen LogP contribution < -0.4 is 4.90 Å². The van der Waals surface area contributed by atoms with Crippen LogP contribution in [-0.4, -0.2) is 49.1 Å². The van der Waals surface area contributed by atoms with Crippen LogP contribution in [0.5, 0.6) is 0 Å². The number of anilines is 1. The van der Waals surface area contributed by atoms with E-state index < -0.39 is 11.7 Å². The molecule has 2 heterocycles. The first-order chi connectivity index (χ1) is 15.7. The van der Waals surface area contributed by atoms with Crippen LogP contribution in [0, 0.1) is 17.2 Å². The molecule has 1 amide bonds. The van der Waals surface area contributed by atoms with E-state index in [0.717, 1.165) is 17.8 Å². The number of hydrogen-bond acceptors (Lipinski definition) is 5. The summed E-state index contributed by atoms with van der Waals surface area (Å²) in [6.45, 7) is 2.15. The summed E-state index contributed by atoms with van der Waals surface area (Å²) in [5, 5.41) is 8.90. The Labute approximate surface area is 195 Å². The van der Waals surface area contributed by atoms with Gasteiger partial charge < -0.3 is 14.5 Å². The summed E-state index contributed by atoms with van der Waals surface area (Å²) in [5.74, 6) is 0.0802. The third-order valence-corrected chi connectivity index (χ3v) is 5.90. The van der Waals surface area contributed by atoms with Crippen molar-refractivity contribution in [2.24, 2.45) is 5.92 Å². The molecule has 0 unspecified atom stereocenters. The van der Waals surface area contributed by atoms with Crippen molar-refractivity contribution in [2.45, 2.75) is 25.6 Å². The molecule has 0 spiro atoms. The minimum absolute atomic E-state index is 0.00235. The molecule has 33 heavy (non-hydrogen) atoms. The summed E-state index contributed by atoms with van der Waals surface area (Å²) in [6, 6.07) is 10.0. The molecule has 176 valence electrons. The van der Waals surface area contributed by atoms with Crippen LogP contribution in [0.1, 0.15) is 29.5 Å². The number of carbonyl (C=O) groups is 1. The smallest absolute Gasteiger partial charge is 0.383 e. The van der Waals surface area contributed by atoms with Gasteiger partial charge in [-0.3, -0.25) is 4.79 Å². The molecular formula is C23H24ClF3N4O2. The maximum Gasteiger partial charge on any atom is 0.417 e. The van der Waals surface area contributed by atoms with Gasteiger partial charge >= 0.3 is 6.18 Å². The predicted octanol–water partition coefficient (Wildman–Crippen LogP) is 4.52. The zero-order chi connectivity index (χ0) is 24.0. The van der Waals surface area contributed by atoms with Crippen LogP contribution in [0.4, 0.5) is 19.0 Å². The van der Waals surface area contributed by atoms with E-state index >= 15 is 0 Å². The Morgan fingerprint density at radius 2 is 1.97 bits per heavy atom. The Kier molecular flexibility index (Phi) is 8.16. The Morgan fingerprint density at radius 3 is 2.52 bits per heavy atom. The van der Waals surface area contributed by atoms with Crippen molar-refractivity contribution in [3.8, 4) is 6.07 Å². The zero-order valence-corrected chi connectivity index (χ0v) is 18.9. The standard InChI is InChI=1S/C23H24ClF3N4O2/c1-33-11-10-31(15-17-4-2-16(13-28)3-5-17)22(32)18-6-8-30(9-7-18)21-20(24)12-19(14-29-21)23(25,26)27/h2-5,12,14,18H,6-11,15H2,1H3. The summed E-state index contributed by atoms with van der Waals surface area (Å²) in [5.41, 5.74) is 0.575. The number of carbonyl (C=O) groups excluding carboxylic acids is 1. The number of piperidine rings is 1. The molecule has 1 fully saturated rings. The number of nitriles is 1. The molecule has 1 saturated heterocycles. The highest BCUT2D eigenvalue weighted by molar-refractivity contribution is 6.33. The van der Waals surface area contributed by atoms with Crippen molar-refractivity contribution in [2.75, 3.05) is 38.3 Å². The first kappa shape index (κ1) is 24.8. The monoisotopic (exact) mass is 480 g/mol. The first-order valence-electron chi connectivity index (χ1n) is 10.5. The van der Waals surface area contributed by atoms with Gasteiger partial charge in [-0.2, -0.15) is 18.4 Å². The number of rotatable bonds is 7. The molecule has 0 aliphatic carbocycles. The summed E-state index contributed by atoms with van der Waals surface area (Å²) >= 11 is 6.07. The van der Waals surface area contributed by atoms with E-state index in [2.05, 4.69) is 11.1 Å². The lowest BCUT2D eigenvalue weighted by atomic mass is 9.95. The molecule has 0 radical (unpaired) electrons. The number of hydrogen-bond donors (Lipinski definition) is 0. The highest BCUT2D eigenvalue weighted by Gasteiger charge is 2.33. The predicted molar refractivity (Wildman–Crippen MR) is 118 cm³/mol. The Balaban J connectivity index is 1.64. The van der Waals surface area contributed by atoms with Gasteiger partial charge in [0, 0.05) is 45.4 Å². The summed E-state index contributed by atoms with van der Waals surface area (Å²) in [6.07, 6.45) is -2.65. The van der Waals surface area contributed by atoms with Gasteiger partial charge in [0.1, 0.15) is 5.82 Å². The van der Waals surface area contributed by atoms with E-state index in [4.69, 9.17) is 21.6 Å². The maximum atomic E-state index is 13.2. The molecule has 2 aromatic rings. The van der Waals surface area contributed by atoms with Crippen LogP contribution >= 0.6 is 11.6 Å². The first-order valence-corrected chi connectivity index (χ1v) is 10.8. The van der Waals surface area contributed by atoms with Crippen LogP contribution in [-0.2, 0) is 22.3 Å². The summed E-state index contributed by atoms with van der Waals surface area (Å²) < 4.78 is 43.7. The van der Waals surface area contributed by atoms with Gasteiger partial charge in [0.2, 0.25) is 5.91 Å². The van der Waals surface area contributed by atoms with Gasteiger partial charge in [-0.1, -0.05) is 23.7 Å². The lowest BCUT2D eigenvalue weighted by molar-refractivity contribution is -0.138. The van der Waals surface area contributed by atoms with Crippen molar-refractivity contribution >= 4 is 23.3 Å². The fourth-order valence-electron chi connectivity index (χ4n) is 3.79. The molecule has 0 saturated carbocycles. The lowest BCUT2D eigenvalue weighted by Crippen LogP contribution is -2.43. The van der Waals surface area contributed by atoms with E-state index in [-0.39, 0.29) is 16.8 Å². The summed E-state index contributed by atoms with van der Waals surface area (Å²) in [7, 11) is 1.57. The SMILES string of the molecule is COCCN(Cc1ccc(C#N)cc1)C(=O)C1CCN(c2ncc(C(F)(F)F)cc2Cl)CC1. The van der Waals surface area contributed by atoms with Gasteiger partial charge in [0.15, 0.2) is 0 Å². The van der Waals surface area contributed by atoms with Gasteiger partial charge in [-0.15, -0.1) is 0 Å². The number of ether oxygens (including phenoxy) is 1. The second-order valence-electron chi connectivity index (χ2n) is 7.85. The van der Waals surface area contributed by atoms with E-state index in [1.807, 2.05) is 17.0 Å². The number of nitrogens with zero attached hydrogens (tertiary/aromatic N) is 4. The highest BCUT2D eigenvalue weighted by atomic mass is 35.5. The highest BCUT2D eigenvalue weighted by Crippen LogP contribution is 2.35. The molecule has 1 aliphatic rings. The molecule has 6 nitrogen and oxygen atoms in total. The lowest BCUT2D eigenvalue weighted by Gasteiger charge is -2.35. The number of benzene rings is 1.